The minimum atomic E-state index is -0.0595. The first kappa shape index (κ1) is 25.5. The molecule has 1 unspecified atom stereocenters. The van der Waals surface area contributed by atoms with Crippen molar-refractivity contribution in [2.45, 2.75) is 65.6 Å². The van der Waals surface area contributed by atoms with E-state index >= 15 is 0 Å². The van der Waals surface area contributed by atoms with Crippen LogP contribution in [0.4, 0.5) is 0 Å². The summed E-state index contributed by atoms with van der Waals surface area (Å²) in [4.78, 5) is 9.10. The summed E-state index contributed by atoms with van der Waals surface area (Å²) in [6, 6.07) is 6.24. The quantitative estimate of drug-likeness (QED) is 0.308. The summed E-state index contributed by atoms with van der Waals surface area (Å²) in [6.07, 6.45) is 2.83. The molecule has 1 aliphatic heterocycles. The Labute approximate surface area is 202 Å². The topological polar surface area (TPSA) is 80.9 Å². The van der Waals surface area contributed by atoms with Crippen molar-refractivity contribution in [2.24, 2.45) is 4.99 Å². The molecule has 0 amide bonds. The minimum Gasteiger partial charge on any atom is -0.488 e. The second kappa shape index (κ2) is 11.7. The molecule has 31 heavy (non-hydrogen) atoms. The van der Waals surface area contributed by atoms with E-state index in [0.29, 0.717) is 31.5 Å². The molecule has 0 aliphatic carbocycles. The monoisotopic (exact) mass is 542 g/mol. The number of aryl methyl sites for hydroxylation is 1. The number of ether oxygens (including phenoxy) is 2. The summed E-state index contributed by atoms with van der Waals surface area (Å²) in [5.41, 5.74) is 2.16. The molecule has 0 saturated carbocycles. The minimum absolute atomic E-state index is 0. The highest BCUT2D eigenvalue weighted by Crippen LogP contribution is 2.25. The average molecular weight is 542 g/mol. The van der Waals surface area contributed by atoms with Gasteiger partial charge in [-0.15, -0.1) is 24.0 Å². The molecule has 8 heteroatoms. The molecule has 1 aromatic carbocycles. The third-order valence-electron chi connectivity index (χ3n) is 4.86. The molecule has 2 aromatic rings. The molecule has 172 valence electrons. The van der Waals surface area contributed by atoms with Crippen molar-refractivity contribution in [2.75, 3.05) is 19.8 Å². The van der Waals surface area contributed by atoms with Crippen LogP contribution in [0.2, 0.25) is 0 Å². The molecule has 2 N–H and O–H groups in total. The molecule has 2 heterocycles. The molecule has 0 radical (unpaired) electrons. The van der Waals surface area contributed by atoms with Crippen LogP contribution in [0, 0.1) is 6.92 Å². The first-order chi connectivity index (χ1) is 14.3. The molecule has 1 atom stereocenters. The fraction of sp³-hybridized carbons (Fsp3) is 0.565. The van der Waals surface area contributed by atoms with E-state index in [1.54, 1.807) is 6.20 Å². The van der Waals surface area contributed by atoms with Crippen LogP contribution in [-0.4, -0.2) is 36.8 Å². The third kappa shape index (κ3) is 7.68. The zero-order chi connectivity index (χ0) is 21.6. The Balaban J connectivity index is 0.00000341. The van der Waals surface area contributed by atoms with Crippen LogP contribution in [0.3, 0.4) is 0 Å². The fourth-order valence-corrected chi connectivity index (χ4v) is 3.09. The van der Waals surface area contributed by atoms with Crippen molar-refractivity contribution in [3.8, 4) is 5.75 Å². The van der Waals surface area contributed by atoms with E-state index in [1.165, 1.54) is 5.56 Å². The van der Waals surface area contributed by atoms with E-state index < -0.39 is 0 Å². The van der Waals surface area contributed by atoms with Crippen LogP contribution in [-0.2, 0) is 23.2 Å². The first-order valence-corrected chi connectivity index (χ1v) is 10.7. The van der Waals surface area contributed by atoms with Gasteiger partial charge < -0.3 is 24.5 Å². The lowest BCUT2D eigenvalue weighted by Gasteiger charge is -2.16. The summed E-state index contributed by atoms with van der Waals surface area (Å²) in [7, 11) is 0. The van der Waals surface area contributed by atoms with Gasteiger partial charge in [-0.3, -0.25) is 0 Å². The lowest BCUT2D eigenvalue weighted by atomic mass is 9.94. The van der Waals surface area contributed by atoms with Gasteiger partial charge in [-0.2, -0.15) is 0 Å². The Morgan fingerprint density at radius 1 is 1.29 bits per heavy atom. The van der Waals surface area contributed by atoms with Crippen molar-refractivity contribution >= 4 is 29.9 Å². The van der Waals surface area contributed by atoms with Gasteiger partial charge in [0, 0.05) is 23.9 Å². The standard InChI is InChI=1S/C23H34N4O3.HI/c1-6-24-22(27-14-21-25-13-20(30-21)23(3,4)5)26-12-17-8-7-16(2)11-19(17)29-18-9-10-28-15-18;/h7-8,11,13,18H,6,9-10,12,14-15H2,1-5H3,(H2,24,26,27);1H. The van der Waals surface area contributed by atoms with Gasteiger partial charge in [0.05, 0.1) is 32.5 Å². The number of oxazole rings is 1. The molecule has 1 aliphatic rings. The van der Waals surface area contributed by atoms with E-state index in [9.17, 15) is 0 Å². The zero-order valence-corrected chi connectivity index (χ0v) is 21.5. The lowest BCUT2D eigenvalue weighted by molar-refractivity contribution is 0.140. The lowest BCUT2D eigenvalue weighted by Crippen LogP contribution is -2.36. The fourth-order valence-electron chi connectivity index (χ4n) is 3.09. The Hall–Kier alpha value is -1.81. The predicted octanol–water partition coefficient (Wildman–Crippen LogP) is 4.32. The van der Waals surface area contributed by atoms with Gasteiger partial charge in [0.1, 0.15) is 17.6 Å². The van der Waals surface area contributed by atoms with E-state index in [4.69, 9.17) is 18.9 Å². The van der Waals surface area contributed by atoms with Crippen LogP contribution in [0.25, 0.3) is 0 Å². The van der Waals surface area contributed by atoms with Gasteiger partial charge in [-0.05, 0) is 25.5 Å². The van der Waals surface area contributed by atoms with Crippen molar-refractivity contribution in [3.05, 3.63) is 47.2 Å². The smallest absolute Gasteiger partial charge is 0.213 e. The molecule has 0 bridgehead atoms. The predicted molar refractivity (Wildman–Crippen MR) is 133 cm³/mol. The van der Waals surface area contributed by atoms with E-state index in [0.717, 1.165) is 36.6 Å². The maximum atomic E-state index is 6.18. The molecule has 3 rings (SSSR count). The highest BCUT2D eigenvalue weighted by Gasteiger charge is 2.20. The van der Waals surface area contributed by atoms with Crippen LogP contribution >= 0.6 is 24.0 Å². The van der Waals surface area contributed by atoms with Crippen LogP contribution in [0.1, 0.15) is 56.9 Å². The Morgan fingerprint density at radius 3 is 2.74 bits per heavy atom. The SMILES string of the molecule is CCNC(=NCc1ccc(C)cc1OC1CCOC1)NCc1ncc(C(C)(C)C)o1.I. The maximum Gasteiger partial charge on any atom is 0.213 e. The number of hydrogen-bond acceptors (Lipinski definition) is 5. The number of hydrogen-bond donors (Lipinski definition) is 2. The van der Waals surface area contributed by atoms with Gasteiger partial charge in [-0.1, -0.05) is 32.9 Å². The Bertz CT molecular complexity index is 855. The number of benzene rings is 1. The summed E-state index contributed by atoms with van der Waals surface area (Å²) < 4.78 is 17.5. The van der Waals surface area contributed by atoms with Crippen LogP contribution in [0.5, 0.6) is 5.75 Å². The number of aliphatic imine (C=N–C) groups is 1. The number of halogens is 1. The third-order valence-corrected chi connectivity index (χ3v) is 4.86. The van der Waals surface area contributed by atoms with Gasteiger partial charge in [0.2, 0.25) is 5.89 Å². The van der Waals surface area contributed by atoms with Gasteiger partial charge in [0.25, 0.3) is 0 Å². The van der Waals surface area contributed by atoms with E-state index in [-0.39, 0.29) is 35.5 Å². The van der Waals surface area contributed by atoms with Crippen molar-refractivity contribution < 1.29 is 13.9 Å². The number of nitrogens with one attached hydrogen (secondary N) is 2. The number of rotatable bonds is 7. The van der Waals surface area contributed by atoms with Crippen molar-refractivity contribution in [1.29, 1.82) is 0 Å². The van der Waals surface area contributed by atoms with Gasteiger partial charge in [0.15, 0.2) is 5.96 Å². The Morgan fingerprint density at radius 2 is 2.10 bits per heavy atom. The highest BCUT2D eigenvalue weighted by atomic mass is 127. The largest absolute Gasteiger partial charge is 0.488 e. The van der Waals surface area contributed by atoms with Gasteiger partial charge >= 0.3 is 0 Å². The van der Waals surface area contributed by atoms with E-state index in [2.05, 4.69) is 61.5 Å². The number of nitrogens with zero attached hydrogens (tertiary/aromatic N) is 2. The summed E-state index contributed by atoms with van der Waals surface area (Å²) in [5, 5.41) is 6.57. The average Bonchev–Trinajstić information content (AvgIpc) is 3.37. The number of guanidine groups is 1. The normalized spacial score (nSPS) is 16.7. The maximum absolute atomic E-state index is 6.18. The molecule has 0 spiro atoms. The van der Waals surface area contributed by atoms with Crippen molar-refractivity contribution in [3.63, 3.8) is 0 Å². The number of aromatic nitrogens is 1. The van der Waals surface area contributed by atoms with Crippen LogP contribution in [0.15, 0.2) is 33.8 Å². The first-order valence-electron chi connectivity index (χ1n) is 10.7. The van der Waals surface area contributed by atoms with Crippen molar-refractivity contribution in [1.82, 2.24) is 15.6 Å². The zero-order valence-electron chi connectivity index (χ0n) is 19.2. The highest BCUT2D eigenvalue weighted by molar-refractivity contribution is 14.0. The molecule has 1 aromatic heterocycles. The second-order valence-corrected chi connectivity index (χ2v) is 8.63. The Kier molecular flexibility index (Phi) is 9.61. The molecular weight excluding hydrogens is 507 g/mol. The van der Waals surface area contributed by atoms with Crippen LogP contribution < -0.4 is 15.4 Å². The summed E-state index contributed by atoms with van der Waals surface area (Å²) in [6.45, 7) is 13.6. The van der Waals surface area contributed by atoms with E-state index in [1.807, 2.05) is 6.92 Å². The molecular formula is C23H35IN4O3. The van der Waals surface area contributed by atoms with Gasteiger partial charge in [-0.25, -0.2) is 9.98 Å². The summed E-state index contributed by atoms with van der Waals surface area (Å²) >= 11 is 0. The second-order valence-electron chi connectivity index (χ2n) is 8.63. The molecule has 1 fully saturated rings. The molecule has 1 saturated heterocycles. The molecule has 7 nitrogen and oxygen atoms in total. The summed E-state index contributed by atoms with van der Waals surface area (Å²) in [5.74, 6) is 3.11.